The van der Waals surface area contributed by atoms with Crippen molar-refractivity contribution in [3.63, 3.8) is 0 Å². The molecule has 0 aliphatic carbocycles. The summed E-state index contributed by atoms with van der Waals surface area (Å²) in [5.74, 6) is -0.228. The van der Waals surface area contributed by atoms with Gasteiger partial charge < -0.3 is 10.6 Å². The van der Waals surface area contributed by atoms with E-state index in [-0.39, 0.29) is 23.9 Å². The molecule has 0 bridgehead atoms. The van der Waals surface area contributed by atoms with Crippen LogP contribution in [0, 0.1) is 0 Å². The number of rotatable bonds is 5. The van der Waals surface area contributed by atoms with E-state index >= 15 is 0 Å². The van der Waals surface area contributed by atoms with E-state index in [2.05, 4.69) is 10.6 Å². The van der Waals surface area contributed by atoms with Crippen LogP contribution in [0.1, 0.15) is 54.8 Å². The van der Waals surface area contributed by atoms with Gasteiger partial charge in [-0.1, -0.05) is 6.92 Å². The van der Waals surface area contributed by atoms with Crippen molar-refractivity contribution in [1.29, 1.82) is 0 Å². The lowest BCUT2D eigenvalue weighted by Gasteiger charge is -2.12. The summed E-state index contributed by atoms with van der Waals surface area (Å²) in [6.45, 7) is 7.80. The SMILES string of the molecule is CCC(C)NC(=O)c1ccc(C(=O)NC(C)C)cc1. The van der Waals surface area contributed by atoms with E-state index in [0.717, 1.165) is 6.42 Å². The number of nitrogens with one attached hydrogen (secondary N) is 2. The van der Waals surface area contributed by atoms with Gasteiger partial charge in [0, 0.05) is 23.2 Å². The van der Waals surface area contributed by atoms with Gasteiger partial charge in [0.05, 0.1) is 0 Å². The minimum atomic E-state index is -0.121. The van der Waals surface area contributed by atoms with Crippen molar-refractivity contribution in [2.75, 3.05) is 0 Å². The van der Waals surface area contributed by atoms with E-state index in [1.807, 2.05) is 27.7 Å². The predicted molar refractivity (Wildman–Crippen MR) is 76.3 cm³/mol. The van der Waals surface area contributed by atoms with Crippen LogP contribution in [0.15, 0.2) is 24.3 Å². The molecule has 1 aromatic rings. The molecule has 0 heterocycles. The Balaban J connectivity index is 2.71. The summed E-state index contributed by atoms with van der Waals surface area (Å²) < 4.78 is 0. The number of hydrogen-bond acceptors (Lipinski definition) is 2. The van der Waals surface area contributed by atoms with Gasteiger partial charge in [-0.2, -0.15) is 0 Å². The Bertz CT molecular complexity index is 438. The fourth-order valence-electron chi connectivity index (χ4n) is 1.53. The second kappa shape index (κ2) is 6.92. The number of carbonyl (C=O) groups is 2. The Morgan fingerprint density at radius 1 is 0.947 bits per heavy atom. The molecule has 0 aliphatic heterocycles. The monoisotopic (exact) mass is 262 g/mol. The van der Waals surface area contributed by atoms with Gasteiger partial charge >= 0.3 is 0 Å². The summed E-state index contributed by atoms with van der Waals surface area (Å²) in [7, 11) is 0. The third kappa shape index (κ3) is 4.73. The molecule has 0 fully saturated rings. The van der Waals surface area contributed by atoms with Crippen LogP contribution in [0.2, 0.25) is 0 Å². The van der Waals surface area contributed by atoms with E-state index in [9.17, 15) is 9.59 Å². The maximum Gasteiger partial charge on any atom is 0.251 e. The molecule has 1 unspecified atom stereocenters. The molecule has 1 rings (SSSR count). The molecule has 1 atom stereocenters. The number of carbonyl (C=O) groups excluding carboxylic acids is 2. The Hall–Kier alpha value is -1.84. The maximum atomic E-state index is 11.9. The topological polar surface area (TPSA) is 58.2 Å². The molecule has 104 valence electrons. The molecule has 4 nitrogen and oxygen atoms in total. The highest BCUT2D eigenvalue weighted by Gasteiger charge is 2.10. The number of amides is 2. The summed E-state index contributed by atoms with van der Waals surface area (Å²) in [4.78, 5) is 23.6. The van der Waals surface area contributed by atoms with Crippen molar-refractivity contribution in [3.05, 3.63) is 35.4 Å². The summed E-state index contributed by atoms with van der Waals surface area (Å²) in [6, 6.07) is 6.93. The van der Waals surface area contributed by atoms with Gasteiger partial charge in [0.1, 0.15) is 0 Å². The lowest BCUT2D eigenvalue weighted by Crippen LogP contribution is -2.32. The highest BCUT2D eigenvalue weighted by molar-refractivity contribution is 5.97. The second-order valence-electron chi connectivity index (χ2n) is 4.99. The molecule has 0 saturated heterocycles. The van der Waals surface area contributed by atoms with Gasteiger partial charge in [0.25, 0.3) is 11.8 Å². The molecular formula is C15H22N2O2. The Morgan fingerprint density at radius 3 is 1.74 bits per heavy atom. The van der Waals surface area contributed by atoms with Gasteiger partial charge in [0.15, 0.2) is 0 Å². The summed E-state index contributed by atoms with van der Waals surface area (Å²) in [6.07, 6.45) is 0.890. The summed E-state index contributed by atoms with van der Waals surface area (Å²) in [5, 5.41) is 5.70. The van der Waals surface area contributed by atoms with Crippen molar-refractivity contribution < 1.29 is 9.59 Å². The largest absolute Gasteiger partial charge is 0.350 e. The van der Waals surface area contributed by atoms with Crippen LogP contribution in [0.4, 0.5) is 0 Å². The zero-order valence-corrected chi connectivity index (χ0v) is 12.0. The van der Waals surface area contributed by atoms with Gasteiger partial charge in [-0.15, -0.1) is 0 Å². The van der Waals surface area contributed by atoms with Crippen molar-refractivity contribution in [2.45, 2.75) is 46.2 Å². The van der Waals surface area contributed by atoms with Crippen LogP contribution in [0.25, 0.3) is 0 Å². The minimum Gasteiger partial charge on any atom is -0.350 e. The van der Waals surface area contributed by atoms with E-state index in [4.69, 9.17) is 0 Å². The zero-order chi connectivity index (χ0) is 14.4. The molecule has 0 spiro atoms. The molecule has 0 aliphatic rings. The predicted octanol–water partition coefficient (Wildman–Crippen LogP) is 2.35. The quantitative estimate of drug-likeness (QED) is 0.855. The number of benzene rings is 1. The lowest BCUT2D eigenvalue weighted by molar-refractivity contribution is 0.0928. The summed E-state index contributed by atoms with van der Waals surface area (Å²) >= 11 is 0. The van der Waals surface area contributed by atoms with Crippen molar-refractivity contribution >= 4 is 11.8 Å². The molecule has 4 heteroatoms. The molecular weight excluding hydrogens is 240 g/mol. The molecule has 0 aromatic heterocycles. The maximum absolute atomic E-state index is 11.9. The van der Waals surface area contributed by atoms with Gasteiger partial charge in [-0.05, 0) is 51.5 Å². The minimum absolute atomic E-state index is 0.0980. The first-order chi connectivity index (χ1) is 8.93. The van der Waals surface area contributed by atoms with E-state index in [0.29, 0.717) is 11.1 Å². The van der Waals surface area contributed by atoms with Crippen LogP contribution < -0.4 is 10.6 Å². The second-order valence-corrected chi connectivity index (χ2v) is 4.99. The third-order valence-electron chi connectivity index (χ3n) is 2.82. The molecule has 19 heavy (non-hydrogen) atoms. The standard InChI is InChI=1S/C15H22N2O2/c1-5-11(4)17-15(19)13-8-6-12(7-9-13)14(18)16-10(2)3/h6-11H,5H2,1-4H3,(H,16,18)(H,17,19). The van der Waals surface area contributed by atoms with Crippen LogP contribution >= 0.6 is 0 Å². The lowest BCUT2D eigenvalue weighted by atomic mass is 10.1. The Kier molecular flexibility index (Phi) is 5.55. The van der Waals surface area contributed by atoms with Gasteiger partial charge in [-0.3, -0.25) is 9.59 Å². The Labute approximate surface area is 114 Å². The molecule has 2 amide bonds. The number of hydrogen-bond donors (Lipinski definition) is 2. The van der Waals surface area contributed by atoms with Crippen molar-refractivity contribution in [1.82, 2.24) is 10.6 Å². The average Bonchev–Trinajstić information content (AvgIpc) is 2.37. The van der Waals surface area contributed by atoms with Crippen molar-refractivity contribution in [2.24, 2.45) is 0 Å². The Morgan fingerprint density at radius 2 is 1.37 bits per heavy atom. The summed E-state index contributed by atoms with van der Waals surface area (Å²) in [5.41, 5.74) is 1.13. The van der Waals surface area contributed by atoms with Crippen molar-refractivity contribution in [3.8, 4) is 0 Å². The van der Waals surface area contributed by atoms with Gasteiger partial charge in [-0.25, -0.2) is 0 Å². The fourth-order valence-corrected chi connectivity index (χ4v) is 1.53. The zero-order valence-electron chi connectivity index (χ0n) is 12.0. The fraction of sp³-hybridized carbons (Fsp3) is 0.467. The highest BCUT2D eigenvalue weighted by atomic mass is 16.2. The van der Waals surface area contributed by atoms with Gasteiger partial charge in [0.2, 0.25) is 0 Å². The van der Waals surface area contributed by atoms with E-state index < -0.39 is 0 Å². The average molecular weight is 262 g/mol. The molecule has 0 radical (unpaired) electrons. The first kappa shape index (κ1) is 15.2. The highest BCUT2D eigenvalue weighted by Crippen LogP contribution is 2.05. The first-order valence-corrected chi connectivity index (χ1v) is 6.65. The molecule has 0 saturated carbocycles. The normalized spacial score (nSPS) is 12.1. The van der Waals surface area contributed by atoms with E-state index in [1.165, 1.54) is 0 Å². The molecule has 1 aromatic carbocycles. The molecule has 2 N–H and O–H groups in total. The van der Waals surface area contributed by atoms with Crippen LogP contribution in [0.3, 0.4) is 0 Å². The van der Waals surface area contributed by atoms with Crippen LogP contribution in [-0.2, 0) is 0 Å². The first-order valence-electron chi connectivity index (χ1n) is 6.65. The van der Waals surface area contributed by atoms with Crippen LogP contribution in [0.5, 0.6) is 0 Å². The van der Waals surface area contributed by atoms with E-state index in [1.54, 1.807) is 24.3 Å². The smallest absolute Gasteiger partial charge is 0.251 e. The van der Waals surface area contributed by atoms with Crippen LogP contribution in [-0.4, -0.2) is 23.9 Å². The third-order valence-corrected chi connectivity index (χ3v) is 2.82.